The summed E-state index contributed by atoms with van der Waals surface area (Å²) >= 11 is 2.45. The molecule has 6 rings (SSSR count). The van der Waals surface area contributed by atoms with Crippen LogP contribution in [0.3, 0.4) is 0 Å². The van der Waals surface area contributed by atoms with Gasteiger partial charge in [-0.1, -0.05) is 66.2 Å². The maximum atomic E-state index is 12.7. The highest BCUT2D eigenvalue weighted by molar-refractivity contribution is 14.1. The molecular formula is C35H33BIN2O+. The minimum Gasteiger partial charge on any atom is -0.357 e. The van der Waals surface area contributed by atoms with Crippen LogP contribution in [0.5, 0.6) is 0 Å². The summed E-state index contributed by atoms with van der Waals surface area (Å²) < 4.78 is 3.69. The number of fused-ring (bicyclic) bond motifs is 3. The number of nitrogens with one attached hydrogen (secondary N) is 1. The molecule has 0 atom stereocenters. The number of aldehydes is 1. The van der Waals surface area contributed by atoms with Gasteiger partial charge in [0.15, 0.2) is 17.7 Å². The van der Waals surface area contributed by atoms with Crippen LogP contribution >= 0.6 is 22.6 Å². The lowest BCUT2D eigenvalue weighted by Gasteiger charge is -2.19. The predicted octanol–water partition coefficient (Wildman–Crippen LogP) is 6.71. The van der Waals surface area contributed by atoms with Gasteiger partial charge in [0, 0.05) is 32.7 Å². The Morgan fingerprint density at radius 2 is 1.40 bits per heavy atom. The topological polar surface area (TPSA) is 35.9 Å². The molecule has 198 valence electrons. The van der Waals surface area contributed by atoms with Crippen molar-refractivity contribution in [2.24, 2.45) is 0 Å². The summed E-state index contributed by atoms with van der Waals surface area (Å²) in [6.45, 7) is 15.1. The van der Waals surface area contributed by atoms with E-state index in [1.165, 1.54) is 53.4 Å². The maximum Gasteiger partial charge on any atom is 0.560 e. The number of aryl methyl sites for hydroxylation is 4. The van der Waals surface area contributed by atoms with Crippen LogP contribution in [0.25, 0.3) is 16.7 Å². The zero-order valence-corrected chi connectivity index (χ0v) is 26.3. The van der Waals surface area contributed by atoms with Crippen molar-refractivity contribution in [1.82, 2.24) is 4.98 Å². The summed E-state index contributed by atoms with van der Waals surface area (Å²) in [5.41, 5.74) is 18.6. The van der Waals surface area contributed by atoms with Crippen LogP contribution in [0.15, 0.2) is 77.5 Å². The van der Waals surface area contributed by atoms with Gasteiger partial charge in [-0.25, -0.2) is 0 Å². The number of allylic oxidation sites excluding steroid dienone is 2. The maximum absolute atomic E-state index is 12.7. The Kier molecular flexibility index (Phi) is 6.61. The highest BCUT2D eigenvalue weighted by Gasteiger charge is 2.51. The van der Waals surface area contributed by atoms with Crippen molar-refractivity contribution >= 4 is 57.9 Å². The number of rotatable bonds is 4. The largest absolute Gasteiger partial charge is 0.560 e. The third kappa shape index (κ3) is 3.85. The van der Waals surface area contributed by atoms with E-state index in [0.29, 0.717) is 0 Å². The molecule has 0 fully saturated rings. The van der Waals surface area contributed by atoms with Crippen LogP contribution in [0.2, 0.25) is 0 Å². The first-order valence-corrected chi connectivity index (χ1v) is 14.9. The Bertz CT molecular complexity index is 1780. The van der Waals surface area contributed by atoms with Crippen molar-refractivity contribution in [2.75, 3.05) is 0 Å². The van der Waals surface area contributed by atoms with E-state index in [4.69, 9.17) is 0 Å². The number of carbonyl (C=O) groups is 1. The normalized spacial score (nSPS) is 15.7. The highest BCUT2D eigenvalue weighted by atomic mass is 127. The third-order valence-corrected chi connectivity index (χ3v) is 10.3. The van der Waals surface area contributed by atoms with E-state index in [1.807, 2.05) is 0 Å². The number of carbonyl (C=O) groups excluding carboxylic acids is 1. The minimum atomic E-state index is -0.0358. The van der Waals surface area contributed by atoms with Crippen molar-refractivity contribution in [2.45, 2.75) is 48.5 Å². The first-order valence-electron chi connectivity index (χ1n) is 13.8. The van der Waals surface area contributed by atoms with Crippen LogP contribution in [-0.2, 0) is 4.79 Å². The van der Waals surface area contributed by atoms with Gasteiger partial charge in [-0.05, 0) is 97.5 Å². The van der Waals surface area contributed by atoms with Crippen LogP contribution in [-0.4, -0.2) is 28.3 Å². The molecule has 0 saturated carbocycles. The van der Waals surface area contributed by atoms with Gasteiger partial charge in [0.2, 0.25) is 0 Å². The van der Waals surface area contributed by atoms with Crippen molar-refractivity contribution in [1.29, 1.82) is 0 Å². The van der Waals surface area contributed by atoms with Crippen molar-refractivity contribution < 1.29 is 9.28 Å². The van der Waals surface area contributed by atoms with Gasteiger partial charge in [-0.3, -0.25) is 9.28 Å². The van der Waals surface area contributed by atoms with Gasteiger partial charge in [-0.15, -0.1) is 0 Å². The molecule has 2 aliphatic rings. The van der Waals surface area contributed by atoms with E-state index >= 15 is 0 Å². The summed E-state index contributed by atoms with van der Waals surface area (Å²) in [5.74, 6) is 0. The fraction of sp³-hybridized carbons (Fsp3) is 0.200. The van der Waals surface area contributed by atoms with Gasteiger partial charge in [0.25, 0.3) is 0 Å². The molecule has 5 heteroatoms. The lowest BCUT2D eigenvalue weighted by Crippen LogP contribution is -2.49. The monoisotopic (exact) mass is 635 g/mol. The van der Waals surface area contributed by atoms with E-state index in [-0.39, 0.29) is 6.85 Å². The second-order valence-corrected chi connectivity index (χ2v) is 12.3. The number of aromatic amines is 1. The Hall–Kier alpha value is -3.45. The molecule has 0 spiro atoms. The Labute approximate surface area is 251 Å². The van der Waals surface area contributed by atoms with Crippen LogP contribution in [0, 0.1) is 38.2 Å². The van der Waals surface area contributed by atoms with Gasteiger partial charge in [-0.2, -0.15) is 0 Å². The minimum absolute atomic E-state index is 0.0358. The summed E-state index contributed by atoms with van der Waals surface area (Å²) in [5, 5.41) is 0. The average Bonchev–Trinajstić information content (AvgIpc) is 3.48. The van der Waals surface area contributed by atoms with E-state index in [2.05, 4.69) is 141 Å². The molecule has 1 aromatic heterocycles. The fourth-order valence-corrected chi connectivity index (χ4v) is 7.41. The van der Waals surface area contributed by atoms with Gasteiger partial charge in [0.1, 0.15) is 0 Å². The zero-order chi connectivity index (χ0) is 28.5. The van der Waals surface area contributed by atoms with Gasteiger partial charge < -0.3 is 4.98 Å². The summed E-state index contributed by atoms with van der Waals surface area (Å²) in [6.07, 6.45) is 1.04. The molecule has 3 aromatic carbocycles. The molecule has 40 heavy (non-hydrogen) atoms. The Morgan fingerprint density at radius 1 is 0.850 bits per heavy atom. The van der Waals surface area contributed by atoms with E-state index in [1.54, 1.807) is 0 Å². The van der Waals surface area contributed by atoms with Crippen LogP contribution < -0.4 is 10.9 Å². The lowest BCUT2D eigenvalue weighted by atomic mass is 9.52. The molecule has 2 aliphatic heterocycles. The molecule has 1 N–H and O–H groups in total. The average molecular weight is 635 g/mol. The molecule has 0 aliphatic carbocycles. The van der Waals surface area contributed by atoms with E-state index < -0.39 is 0 Å². The number of aromatic nitrogens is 1. The Morgan fingerprint density at radius 3 is 1.90 bits per heavy atom. The number of halogens is 1. The third-order valence-electron chi connectivity index (χ3n) is 8.69. The van der Waals surface area contributed by atoms with Crippen molar-refractivity contribution in [3.8, 4) is 11.1 Å². The smallest absolute Gasteiger partial charge is 0.357 e. The number of benzene rings is 3. The fourth-order valence-electron chi connectivity index (χ4n) is 7.00. The summed E-state index contributed by atoms with van der Waals surface area (Å²) in [6, 6.07) is 22.0. The van der Waals surface area contributed by atoms with Crippen LogP contribution in [0.4, 0.5) is 0 Å². The molecule has 0 unspecified atom stereocenters. The SMILES string of the molecule is CC1=C(C=O)C(C)=[N+](B2c3ccccc3-c3ccccc32)/C1=C(\c1[nH]c(C)c(I)c1C)c1c(C)cc(C)cc1C. The highest BCUT2D eigenvalue weighted by Crippen LogP contribution is 2.41. The van der Waals surface area contributed by atoms with Crippen molar-refractivity contribution in [3.05, 3.63) is 120 Å². The number of hydrogen-bond acceptors (Lipinski definition) is 1. The van der Waals surface area contributed by atoms with Crippen LogP contribution in [0.1, 0.15) is 53.1 Å². The van der Waals surface area contributed by atoms with Crippen molar-refractivity contribution in [3.63, 3.8) is 0 Å². The van der Waals surface area contributed by atoms with Gasteiger partial charge in [0.05, 0.1) is 16.8 Å². The standard InChI is InChI=1S/C35H32BIN2O/c1-19-16-20(2)31(21(3)17-19)32(34-23(5)33(37)24(6)38-34)35-22(4)28(18-40)25(7)39(35)36-29-14-10-8-12-26(29)27-13-9-11-15-30(27)36/h8-18H,1-7H3/p+1. The van der Waals surface area contributed by atoms with Gasteiger partial charge >= 0.3 is 6.85 Å². The van der Waals surface area contributed by atoms with E-state index in [0.717, 1.165) is 45.8 Å². The lowest BCUT2D eigenvalue weighted by molar-refractivity contribution is -0.314. The molecule has 3 nitrogen and oxygen atoms in total. The number of nitrogens with zero attached hydrogens (tertiary/aromatic N) is 1. The zero-order valence-electron chi connectivity index (χ0n) is 24.2. The molecule has 4 aromatic rings. The predicted molar refractivity (Wildman–Crippen MR) is 176 cm³/mol. The molecule has 0 amide bonds. The second-order valence-electron chi connectivity index (χ2n) is 11.3. The summed E-state index contributed by atoms with van der Waals surface area (Å²) in [4.78, 5) is 16.5. The van der Waals surface area contributed by atoms with E-state index in [9.17, 15) is 4.79 Å². The Balaban J connectivity index is 1.79. The number of H-pyrrole nitrogens is 1. The second kappa shape index (κ2) is 9.88. The molecule has 0 bridgehead atoms. The molecule has 0 saturated heterocycles. The molecule has 3 heterocycles. The molecular weight excluding hydrogens is 602 g/mol. The summed E-state index contributed by atoms with van der Waals surface area (Å²) in [7, 11) is 0. The first-order chi connectivity index (χ1) is 19.1. The quantitative estimate of drug-likeness (QED) is 0.151. The molecule has 0 radical (unpaired) electrons. The number of hydrogen-bond donors (Lipinski definition) is 1. The first kappa shape index (κ1) is 26.8.